The van der Waals surface area contributed by atoms with E-state index < -0.39 is 12.1 Å². The lowest BCUT2D eigenvalue weighted by Crippen LogP contribution is -2.39. The Balaban J connectivity index is 1.49. The van der Waals surface area contributed by atoms with Crippen LogP contribution in [0.3, 0.4) is 0 Å². The van der Waals surface area contributed by atoms with E-state index in [0.29, 0.717) is 30.1 Å². The van der Waals surface area contributed by atoms with Gasteiger partial charge < -0.3 is 14.9 Å². The topological polar surface area (TPSA) is 70.0 Å². The van der Waals surface area contributed by atoms with Crippen molar-refractivity contribution in [2.75, 3.05) is 19.7 Å². The molecule has 2 aromatic rings. The SMILES string of the molecule is CCC(=Cc1ccc([C@@H](C)OC[C@H](O)CN2CCC[C@H]2Cc2ccc(C)c(F)c2)cc1)C(=O)O. The molecule has 0 amide bonds. The van der Waals surface area contributed by atoms with Gasteiger partial charge in [0.1, 0.15) is 5.82 Å². The molecule has 1 heterocycles. The van der Waals surface area contributed by atoms with E-state index in [9.17, 15) is 19.4 Å². The minimum absolute atomic E-state index is 0.166. The van der Waals surface area contributed by atoms with Gasteiger partial charge in [-0.2, -0.15) is 0 Å². The Kier molecular flexibility index (Phi) is 9.39. The number of halogens is 1. The fraction of sp³-hybridized carbons (Fsp3) is 0.464. The molecule has 2 N–H and O–H groups in total. The average molecular weight is 470 g/mol. The molecule has 0 spiro atoms. The normalized spacial score (nSPS) is 18.7. The first-order valence-electron chi connectivity index (χ1n) is 12.1. The summed E-state index contributed by atoms with van der Waals surface area (Å²) in [5, 5.41) is 19.8. The molecule has 0 unspecified atom stereocenters. The number of aryl methyl sites for hydroxylation is 1. The van der Waals surface area contributed by atoms with Crippen LogP contribution in [0.25, 0.3) is 6.08 Å². The lowest BCUT2D eigenvalue weighted by Gasteiger charge is -2.27. The second-order valence-corrected chi connectivity index (χ2v) is 9.20. The molecule has 0 aliphatic carbocycles. The molecule has 0 radical (unpaired) electrons. The first-order valence-corrected chi connectivity index (χ1v) is 12.1. The number of hydrogen-bond acceptors (Lipinski definition) is 4. The Morgan fingerprint density at radius 1 is 1.26 bits per heavy atom. The van der Waals surface area contributed by atoms with E-state index in [1.807, 2.05) is 50.2 Å². The Morgan fingerprint density at radius 2 is 2.00 bits per heavy atom. The number of aliphatic hydroxyl groups excluding tert-OH is 1. The number of carboxylic acid groups (broad SMARTS) is 1. The maximum Gasteiger partial charge on any atom is 0.331 e. The highest BCUT2D eigenvalue weighted by Gasteiger charge is 2.27. The predicted octanol–water partition coefficient (Wildman–Crippen LogP) is 5.16. The van der Waals surface area contributed by atoms with Crippen molar-refractivity contribution in [1.29, 1.82) is 0 Å². The van der Waals surface area contributed by atoms with Crippen molar-refractivity contribution < 1.29 is 24.1 Å². The minimum Gasteiger partial charge on any atom is -0.478 e. The molecule has 3 atom stereocenters. The van der Waals surface area contributed by atoms with Gasteiger partial charge in [-0.1, -0.05) is 43.3 Å². The van der Waals surface area contributed by atoms with Crippen molar-refractivity contribution in [1.82, 2.24) is 4.90 Å². The van der Waals surface area contributed by atoms with Crippen molar-refractivity contribution in [3.63, 3.8) is 0 Å². The molecule has 34 heavy (non-hydrogen) atoms. The van der Waals surface area contributed by atoms with Gasteiger partial charge in [0, 0.05) is 18.2 Å². The molecule has 2 aromatic carbocycles. The van der Waals surface area contributed by atoms with Gasteiger partial charge in [0.15, 0.2) is 0 Å². The first-order chi connectivity index (χ1) is 16.3. The molecule has 0 saturated carbocycles. The van der Waals surface area contributed by atoms with Crippen LogP contribution in [0.2, 0.25) is 0 Å². The zero-order valence-corrected chi connectivity index (χ0v) is 20.3. The average Bonchev–Trinajstić information content (AvgIpc) is 3.24. The van der Waals surface area contributed by atoms with Crippen LogP contribution < -0.4 is 0 Å². The van der Waals surface area contributed by atoms with E-state index in [0.717, 1.165) is 42.5 Å². The van der Waals surface area contributed by atoms with Gasteiger partial charge in [-0.05, 0) is 80.5 Å². The van der Waals surface area contributed by atoms with Gasteiger partial charge in [-0.15, -0.1) is 0 Å². The molecule has 0 aromatic heterocycles. The molecule has 1 fully saturated rings. The maximum absolute atomic E-state index is 13.9. The first kappa shape index (κ1) is 26.1. The molecule has 1 saturated heterocycles. The lowest BCUT2D eigenvalue weighted by molar-refractivity contribution is -0.132. The number of carbonyl (C=O) groups is 1. The molecular weight excluding hydrogens is 433 g/mol. The highest BCUT2D eigenvalue weighted by molar-refractivity contribution is 5.92. The van der Waals surface area contributed by atoms with E-state index in [-0.39, 0.29) is 18.5 Å². The van der Waals surface area contributed by atoms with Crippen LogP contribution in [0, 0.1) is 12.7 Å². The van der Waals surface area contributed by atoms with Gasteiger partial charge in [0.05, 0.1) is 18.8 Å². The number of carboxylic acids is 1. The summed E-state index contributed by atoms with van der Waals surface area (Å²) in [6.45, 7) is 7.22. The summed E-state index contributed by atoms with van der Waals surface area (Å²) in [6.07, 6.45) is 4.25. The van der Waals surface area contributed by atoms with Crippen molar-refractivity contribution in [2.45, 2.75) is 64.7 Å². The molecule has 1 aliphatic rings. The van der Waals surface area contributed by atoms with E-state index >= 15 is 0 Å². The number of nitrogens with zero attached hydrogens (tertiary/aromatic N) is 1. The lowest BCUT2D eigenvalue weighted by atomic mass is 10.0. The second kappa shape index (κ2) is 12.2. The van der Waals surface area contributed by atoms with Crippen molar-refractivity contribution in [3.8, 4) is 0 Å². The van der Waals surface area contributed by atoms with Crippen LogP contribution in [0.4, 0.5) is 4.39 Å². The molecule has 0 bridgehead atoms. The van der Waals surface area contributed by atoms with Crippen LogP contribution in [0.15, 0.2) is 48.0 Å². The summed E-state index contributed by atoms with van der Waals surface area (Å²) in [5.41, 5.74) is 3.83. The monoisotopic (exact) mass is 469 g/mol. The summed E-state index contributed by atoms with van der Waals surface area (Å²) >= 11 is 0. The van der Waals surface area contributed by atoms with Crippen LogP contribution in [-0.4, -0.2) is 52.9 Å². The molecule has 5 nitrogen and oxygen atoms in total. The standard InChI is InChI=1S/C28H36FNO4/c1-4-23(28(32)33)14-21-9-11-24(12-10-21)20(3)34-18-26(31)17-30-13-5-6-25(30)15-22-8-7-19(2)27(29)16-22/h7-12,14,16,20,25-26,31H,4-6,13,15,17-18H2,1-3H3,(H,32,33)/t20-,25+,26-/m1/s1. The maximum atomic E-state index is 13.9. The summed E-state index contributed by atoms with van der Waals surface area (Å²) < 4.78 is 19.8. The number of hydrogen-bond donors (Lipinski definition) is 2. The number of aliphatic hydroxyl groups is 1. The van der Waals surface area contributed by atoms with Crippen LogP contribution >= 0.6 is 0 Å². The molecule has 184 valence electrons. The third kappa shape index (κ3) is 7.23. The number of benzene rings is 2. The zero-order chi connectivity index (χ0) is 24.7. The summed E-state index contributed by atoms with van der Waals surface area (Å²) in [6, 6.07) is 13.4. The smallest absolute Gasteiger partial charge is 0.331 e. The fourth-order valence-corrected chi connectivity index (χ4v) is 4.46. The number of likely N-dealkylation sites (tertiary alicyclic amines) is 1. The van der Waals surface area contributed by atoms with Crippen molar-refractivity contribution >= 4 is 12.0 Å². The fourth-order valence-electron chi connectivity index (χ4n) is 4.46. The van der Waals surface area contributed by atoms with Gasteiger partial charge in [-0.3, -0.25) is 4.90 Å². The third-order valence-corrected chi connectivity index (χ3v) is 6.59. The summed E-state index contributed by atoms with van der Waals surface area (Å²) in [5.74, 6) is -1.07. The largest absolute Gasteiger partial charge is 0.478 e. The van der Waals surface area contributed by atoms with Gasteiger partial charge in [-0.25, -0.2) is 9.18 Å². The molecular formula is C28H36FNO4. The van der Waals surface area contributed by atoms with E-state index in [2.05, 4.69) is 4.90 Å². The summed E-state index contributed by atoms with van der Waals surface area (Å²) in [7, 11) is 0. The Bertz CT molecular complexity index is 988. The minimum atomic E-state index is -0.900. The van der Waals surface area contributed by atoms with Crippen LogP contribution in [0.1, 0.15) is 61.5 Å². The quantitative estimate of drug-likeness (QED) is 0.445. The van der Waals surface area contributed by atoms with Gasteiger partial charge in [0.2, 0.25) is 0 Å². The summed E-state index contributed by atoms with van der Waals surface area (Å²) in [4.78, 5) is 13.5. The number of ether oxygens (including phenoxy) is 1. The Labute approximate surface area is 201 Å². The Hall–Kier alpha value is -2.54. The highest BCUT2D eigenvalue weighted by atomic mass is 19.1. The number of β-amino-alcohol motifs (C(OH)–C–C–N with tert-alkyl or cyclic N) is 1. The molecule has 1 aliphatic heterocycles. The van der Waals surface area contributed by atoms with Crippen LogP contribution in [-0.2, 0) is 16.0 Å². The predicted molar refractivity (Wildman–Crippen MR) is 132 cm³/mol. The number of aliphatic carboxylic acids is 1. The van der Waals surface area contributed by atoms with E-state index in [4.69, 9.17) is 4.74 Å². The Morgan fingerprint density at radius 3 is 2.65 bits per heavy atom. The molecule has 6 heteroatoms. The van der Waals surface area contributed by atoms with Crippen molar-refractivity contribution in [2.24, 2.45) is 0 Å². The highest BCUT2D eigenvalue weighted by Crippen LogP contribution is 2.23. The van der Waals surface area contributed by atoms with Crippen LogP contribution in [0.5, 0.6) is 0 Å². The van der Waals surface area contributed by atoms with Gasteiger partial charge in [0.25, 0.3) is 0 Å². The van der Waals surface area contributed by atoms with E-state index in [1.165, 1.54) is 0 Å². The van der Waals surface area contributed by atoms with Gasteiger partial charge >= 0.3 is 5.97 Å². The zero-order valence-electron chi connectivity index (χ0n) is 20.3. The number of rotatable bonds is 11. The van der Waals surface area contributed by atoms with Crippen molar-refractivity contribution in [3.05, 3.63) is 76.1 Å². The second-order valence-electron chi connectivity index (χ2n) is 9.20. The third-order valence-electron chi connectivity index (χ3n) is 6.59. The molecule has 3 rings (SSSR count). The van der Waals surface area contributed by atoms with E-state index in [1.54, 1.807) is 19.1 Å².